The van der Waals surface area contributed by atoms with Crippen LogP contribution in [0.4, 0.5) is 0 Å². The Morgan fingerprint density at radius 1 is 0.966 bits per heavy atom. The van der Waals surface area contributed by atoms with E-state index in [1.807, 2.05) is 47.8 Å². The summed E-state index contributed by atoms with van der Waals surface area (Å²) in [5, 5.41) is 0. The van der Waals surface area contributed by atoms with Gasteiger partial charge in [0.05, 0.1) is 25.9 Å². The number of ether oxygens (including phenoxy) is 3. The smallest absolute Gasteiger partial charge is 0.253 e. The van der Waals surface area contributed by atoms with Gasteiger partial charge in [0.1, 0.15) is 0 Å². The summed E-state index contributed by atoms with van der Waals surface area (Å²) in [6, 6.07) is 11.7. The van der Waals surface area contributed by atoms with Crippen LogP contribution >= 0.6 is 23.5 Å². The molecule has 156 valence electrons. The number of carbonyl (C=O) groups is 1. The number of carbonyl (C=O) groups excluding carboxylic acids is 1. The van der Waals surface area contributed by atoms with E-state index in [-0.39, 0.29) is 5.91 Å². The highest BCUT2D eigenvalue weighted by Gasteiger charge is 2.20. The van der Waals surface area contributed by atoms with Crippen molar-refractivity contribution >= 4 is 29.4 Å². The fraction of sp³-hybridized carbons (Fsp3) is 0.409. The lowest BCUT2D eigenvalue weighted by Gasteiger charge is -2.22. The monoisotopic (exact) mass is 433 g/mol. The number of benzene rings is 2. The van der Waals surface area contributed by atoms with Crippen molar-refractivity contribution in [3.05, 3.63) is 53.1 Å². The van der Waals surface area contributed by atoms with Crippen molar-refractivity contribution in [1.29, 1.82) is 0 Å². The van der Waals surface area contributed by atoms with E-state index in [0.29, 0.717) is 33.9 Å². The molecule has 29 heavy (non-hydrogen) atoms. The van der Waals surface area contributed by atoms with Crippen molar-refractivity contribution < 1.29 is 19.0 Å². The molecule has 0 aromatic heterocycles. The van der Waals surface area contributed by atoms with Gasteiger partial charge in [-0.2, -0.15) is 0 Å². The molecule has 7 heteroatoms. The SMILES string of the molecule is COc1ccc(CN(C)C(=O)c2ccc(C3SCCCS3)cc2)c(OC)c1OC. The Balaban J connectivity index is 1.73. The highest BCUT2D eigenvalue weighted by Crippen LogP contribution is 2.43. The lowest BCUT2D eigenvalue weighted by atomic mass is 10.1. The molecule has 0 saturated carbocycles. The average molecular weight is 434 g/mol. The third-order valence-electron chi connectivity index (χ3n) is 4.80. The van der Waals surface area contributed by atoms with Crippen LogP contribution in [0.25, 0.3) is 0 Å². The summed E-state index contributed by atoms with van der Waals surface area (Å²) in [5.41, 5.74) is 2.81. The van der Waals surface area contributed by atoms with Crippen LogP contribution in [-0.2, 0) is 6.54 Å². The Labute approximate surface area is 181 Å². The van der Waals surface area contributed by atoms with Crippen molar-refractivity contribution in [3.63, 3.8) is 0 Å². The number of thioether (sulfide) groups is 2. The van der Waals surface area contributed by atoms with Crippen molar-refractivity contribution in [2.45, 2.75) is 17.5 Å². The molecule has 0 atom stereocenters. The molecule has 1 fully saturated rings. The van der Waals surface area contributed by atoms with Gasteiger partial charge in [-0.1, -0.05) is 12.1 Å². The first kappa shape index (κ1) is 21.7. The van der Waals surface area contributed by atoms with E-state index in [2.05, 4.69) is 12.1 Å². The summed E-state index contributed by atoms with van der Waals surface area (Å²) >= 11 is 3.96. The maximum absolute atomic E-state index is 12.9. The topological polar surface area (TPSA) is 48.0 Å². The number of amides is 1. The molecule has 1 amide bonds. The van der Waals surface area contributed by atoms with E-state index in [1.165, 1.54) is 23.5 Å². The molecule has 1 saturated heterocycles. The lowest BCUT2D eigenvalue weighted by Crippen LogP contribution is -2.26. The molecule has 0 bridgehead atoms. The molecule has 2 aromatic carbocycles. The van der Waals surface area contributed by atoms with Gasteiger partial charge in [-0.15, -0.1) is 23.5 Å². The number of rotatable bonds is 7. The summed E-state index contributed by atoms with van der Waals surface area (Å²) in [4.78, 5) is 14.6. The molecular weight excluding hydrogens is 406 g/mol. The van der Waals surface area contributed by atoms with E-state index < -0.39 is 0 Å². The van der Waals surface area contributed by atoms with Gasteiger partial charge in [-0.3, -0.25) is 4.79 Å². The molecular formula is C22H27NO4S2. The first-order chi connectivity index (χ1) is 14.1. The number of hydrogen-bond donors (Lipinski definition) is 0. The Morgan fingerprint density at radius 2 is 1.62 bits per heavy atom. The van der Waals surface area contributed by atoms with Gasteiger partial charge in [-0.05, 0) is 47.8 Å². The van der Waals surface area contributed by atoms with Crippen LogP contribution in [0.15, 0.2) is 36.4 Å². The van der Waals surface area contributed by atoms with Gasteiger partial charge in [0.25, 0.3) is 5.91 Å². The molecule has 1 aliphatic rings. The fourth-order valence-electron chi connectivity index (χ4n) is 3.30. The minimum Gasteiger partial charge on any atom is -0.493 e. The minimum absolute atomic E-state index is 0.0302. The maximum atomic E-state index is 12.9. The van der Waals surface area contributed by atoms with Crippen LogP contribution in [0.3, 0.4) is 0 Å². The van der Waals surface area contributed by atoms with Crippen molar-refractivity contribution in [2.75, 3.05) is 39.9 Å². The molecule has 3 rings (SSSR count). The predicted molar refractivity (Wildman–Crippen MR) is 121 cm³/mol. The maximum Gasteiger partial charge on any atom is 0.253 e. The average Bonchev–Trinajstić information content (AvgIpc) is 2.78. The summed E-state index contributed by atoms with van der Waals surface area (Å²) < 4.78 is 16.8. The van der Waals surface area contributed by atoms with Crippen molar-refractivity contribution in [2.24, 2.45) is 0 Å². The molecule has 0 spiro atoms. The third-order valence-corrected chi connectivity index (χ3v) is 7.81. The van der Waals surface area contributed by atoms with E-state index in [0.717, 1.165) is 5.56 Å². The standard InChI is InChI=1S/C22H27NO4S2/c1-23(14-17-10-11-18(25-2)20(27-4)19(17)26-3)21(24)15-6-8-16(9-7-15)22-28-12-5-13-29-22/h6-11,22H,5,12-14H2,1-4H3. The zero-order chi connectivity index (χ0) is 20.8. The molecule has 0 aliphatic carbocycles. The fourth-order valence-corrected chi connectivity index (χ4v) is 6.19. The highest BCUT2D eigenvalue weighted by molar-refractivity contribution is 8.16. The Kier molecular flexibility index (Phi) is 7.61. The Morgan fingerprint density at radius 3 is 2.21 bits per heavy atom. The van der Waals surface area contributed by atoms with Crippen LogP contribution in [0.2, 0.25) is 0 Å². The molecule has 0 unspecified atom stereocenters. The van der Waals surface area contributed by atoms with Crippen LogP contribution in [0.1, 0.15) is 32.5 Å². The zero-order valence-corrected chi connectivity index (χ0v) is 18.9. The Bertz CT molecular complexity index is 835. The van der Waals surface area contributed by atoms with Crippen molar-refractivity contribution in [1.82, 2.24) is 4.90 Å². The van der Waals surface area contributed by atoms with Gasteiger partial charge in [0.15, 0.2) is 11.5 Å². The second kappa shape index (κ2) is 10.2. The van der Waals surface area contributed by atoms with Gasteiger partial charge in [-0.25, -0.2) is 0 Å². The van der Waals surface area contributed by atoms with Gasteiger partial charge in [0.2, 0.25) is 5.75 Å². The summed E-state index contributed by atoms with van der Waals surface area (Å²) in [6.07, 6.45) is 1.27. The van der Waals surface area contributed by atoms with Crippen molar-refractivity contribution in [3.8, 4) is 17.2 Å². The van der Waals surface area contributed by atoms with Crippen LogP contribution in [0, 0.1) is 0 Å². The normalized spacial score (nSPS) is 14.3. The molecule has 0 radical (unpaired) electrons. The second-order valence-corrected chi connectivity index (χ2v) is 9.43. The largest absolute Gasteiger partial charge is 0.493 e. The first-order valence-electron chi connectivity index (χ1n) is 9.45. The minimum atomic E-state index is -0.0302. The van der Waals surface area contributed by atoms with E-state index in [4.69, 9.17) is 14.2 Å². The van der Waals surface area contributed by atoms with Crippen LogP contribution in [-0.4, -0.2) is 50.7 Å². The summed E-state index contributed by atoms with van der Waals surface area (Å²) in [6.45, 7) is 0.401. The molecule has 1 aliphatic heterocycles. The highest BCUT2D eigenvalue weighted by atomic mass is 32.2. The predicted octanol–water partition coefficient (Wildman–Crippen LogP) is 4.85. The van der Waals surface area contributed by atoms with E-state index in [9.17, 15) is 4.79 Å². The van der Waals surface area contributed by atoms with Gasteiger partial charge in [0, 0.05) is 24.7 Å². The summed E-state index contributed by atoms with van der Waals surface area (Å²) in [5.74, 6) is 4.07. The number of hydrogen-bond acceptors (Lipinski definition) is 6. The third kappa shape index (κ3) is 4.95. The Hall–Kier alpha value is -1.99. The quantitative estimate of drug-likeness (QED) is 0.622. The first-order valence-corrected chi connectivity index (χ1v) is 11.5. The van der Waals surface area contributed by atoms with Gasteiger partial charge >= 0.3 is 0 Å². The molecule has 0 N–H and O–H groups in total. The van der Waals surface area contributed by atoms with Crippen LogP contribution < -0.4 is 14.2 Å². The lowest BCUT2D eigenvalue weighted by molar-refractivity contribution is 0.0784. The zero-order valence-electron chi connectivity index (χ0n) is 17.3. The number of nitrogens with zero attached hydrogens (tertiary/aromatic N) is 1. The number of methoxy groups -OCH3 is 3. The van der Waals surface area contributed by atoms with E-state index in [1.54, 1.807) is 33.3 Å². The molecule has 2 aromatic rings. The molecule has 5 nitrogen and oxygen atoms in total. The molecule has 1 heterocycles. The van der Waals surface area contributed by atoms with Gasteiger partial charge < -0.3 is 19.1 Å². The second-order valence-electron chi connectivity index (χ2n) is 6.70. The van der Waals surface area contributed by atoms with E-state index >= 15 is 0 Å². The van der Waals surface area contributed by atoms with Crippen LogP contribution in [0.5, 0.6) is 17.2 Å². The summed E-state index contributed by atoms with van der Waals surface area (Å²) in [7, 11) is 6.53.